The summed E-state index contributed by atoms with van der Waals surface area (Å²) in [6, 6.07) is 0. The third-order valence-corrected chi connectivity index (χ3v) is 10.5. The van der Waals surface area contributed by atoms with Crippen molar-refractivity contribution < 1.29 is 9.16 Å². The van der Waals surface area contributed by atoms with Gasteiger partial charge < -0.3 is 9.16 Å². The maximum atomic E-state index is 6.59. The molecule has 0 radical (unpaired) electrons. The van der Waals surface area contributed by atoms with E-state index in [2.05, 4.69) is 33.9 Å². The second-order valence-corrected chi connectivity index (χ2v) is 13.1. The Balaban J connectivity index is 1.79. The van der Waals surface area contributed by atoms with Crippen molar-refractivity contribution in [3.05, 3.63) is 0 Å². The molecule has 1 aliphatic carbocycles. The highest BCUT2D eigenvalue weighted by Crippen LogP contribution is 2.41. The molecule has 0 unspecified atom stereocenters. The summed E-state index contributed by atoms with van der Waals surface area (Å²) in [5.74, 6) is 1.87. The molecule has 118 valence electrons. The minimum atomic E-state index is -1.57. The minimum absolute atomic E-state index is 0.338. The molecular weight excluding hydrogens is 264 g/mol. The van der Waals surface area contributed by atoms with E-state index in [0.717, 1.165) is 25.0 Å². The van der Waals surface area contributed by atoms with E-state index in [9.17, 15) is 0 Å². The highest BCUT2D eigenvalue weighted by molar-refractivity contribution is 6.74. The topological polar surface area (TPSA) is 18.5 Å². The number of hydrogen-bond donors (Lipinski definition) is 0. The lowest BCUT2D eigenvalue weighted by molar-refractivity contribution is 0.0256. The lowest BCUT2D eigenvalue weighted by Gasteiger charge is -2.42. The standard InChI is InChI=1S/C17H34O2Si/c1-17(2,3)20(4,5)19-16-8-6-14(7-9-16)15-10-12-18-13-11-15/h14-16H,6-13H2,1-5H3. The average Bonchev–Trinajstić information content (AvgIpc) is 2.39. The van der Waals surface area contributed by atoms with Crippen molar-refractivity contribution in [1.82, 2.24) is 0 Å². The summed E-state index contributed by atoms with van der Waals surface area (Å²) >= 11 is 0. The van der Waals surface area contributed by atoms with Gasteiger partial charge in [0, 0.05) is 19.3 Å². The zero-order valence-electron chi connectivity index (χ0n) is 14.2. The van der Waals surface area contributed by atoms with Gasteiger partial charge in [-0.2, -0.15) is 0 Å². The summed E-state index contributed by atoms with van der Waals surface area (Å²) in [7, 11) is -1.57. The first kappa shape index (κ1) is 16.5. The summed E-state index contributed by atoms with van der Waals surface area (Å²) in [6.45, 7) is 13.8. The molecule has 0 N–H and O–H groups in total. The maximum absolute atomic E-state index is 6.59. The van der Waals surface area contributed by atoms with Crippen LogP contribution in [0.1, 0.15) is 59.3 Å². The third-order valence-electron chi connectivity index (χ3n) is 5.92. The second-order valence-electron chi connectivity index (χ2n) is 8.36. The quantitative estimate of drug-likeness (QED) is 0.683. The Morgan fingerprint density at radius 2 is 1.35 bits per heavy atom. The predicted octanol–water partition coefficient (Wildman–Crippen LogP) is 4.99. The van der Waals surface area contributed by atoms with Gasteiger partial charge in [0.15, 0.2) is 8.32 Å². The average molecular weight is 299 g/mol. The molecule has 2 aliphatic rings. The van der Waals surface area contributed by atoms with Crippen LogP contribution in [0, 0.1) is 11.8 Å². The monoisotopic (exact) mass is 298 g/mol. The highest BCUT2D eigenvalue weighted by atomic mass is 28.4. The Morgan fingerprint density at radius 1 is 0.850 bits per heavy atom. The van der Waals surface area contributed by atoms with Gasteiger partial charge >= 0.3 is 0 Å². The van der Waals surface area contributed by atoms with Crippen molar-refractivity contribution in [3.8, 4) is 0 Å². The Hall–Kier alpha value is 0.137. The van der Waals surface area contributed by atoms with Crippen LogP contribution in [-0.4, -0.2) is 27.6 Å². The van der Waals surface area contributed by atoms with Crippen LogP contribution in [0.4, 0.5) is 0 Å². The lowest BCUT2D eigenvalue weighted by Crippen LogP contribution is -2.45. The predicted molar refractivity (Wildman–Crippen MR) is 87.6 cm³/mol. The van der Waals surface area contributed by atoms with Crippen molar-refractivity contribution in [2.45, 2.75) is 83.5 Å². The fourth-order valence-electron chi connectivity index (χ4n) is 3.46. The van der Waals surface area contributed by atoms with Crippen LogP contribution in [0.15, 0.2) is 0 Å². The van der Waals surface area contributed by atoms with E-state index in [4.69, 9.17) is 9.16 Å². The molecule has 1 saturated carbocycles. The molecule has 2 rings (SSSR count). The van der Waals surface area contributed by atoms with E-state index in [1.165, 1.54) is 38.5 Å². The molecule has 20 heavy (non-hydrogen) atoms. The molecule has 1 heterocycles. The summed E-state index contributed by atoms with van der Waals surface area (Å²) < 4.78 is 12.1. The zero-order chi connectivity index (χ0) is 14.8. The highest BCUT2D eigenvalue weighted by Gasteiger charge is 2.40. The fourth-order valence-corrected chi connectivity index (χ4v) is 4.88. The van der Waals surface area contributed by atoms with Crippen molar-refractivity contribution >= 4 is 8.32 Å². The Kier molecular flexibility index (Phi) is 5.36. The first-order chi connectivity index (χ1) is 9.29. The maximum Gasteiger partial charge on any atom is 0.192 e. The molecule has 1 saturated heterocycles. The minimum Gasteiger partial charge on any atom is -0.414 e. The molecule has 0 bridgehead atoms. The Morgan fingerprint density at radius 3 is 1.85 bits per heavy atom. The van der Waals surface area contributed by atoms with Crippen molar-refractivity contribution in [2.24, 2.45) is 11.8 Å². The fraction of sp³-hybridized carbons (Fsp3) is 1.00. The van der Waals surface area contributed by atoms with Crippen molar-refractivity contribution in [1.29, 1.82) is 0 Å². The molecule has 0 aromatic heterocycles. The van der Waals surface area contributed by atoms with Gasteiger partial charge in [-0.05, 0) is 68.5 Å². The van der Waals surface area contributed by atoms with Crippen LogP contribution in [0.3, 0.4) is 0 Å². The van der Waals surface area contributed by atoms with Gasteiger partial charge in [0.05, 0.1) is 0 Å². The molecule has 0 atom stereocenters. The second kappa shape index (κ2) is 6.49. The summed E-state index contributed by atoms with van der Waals surface area (Å²) in [4.78, 5) is 0. The van der Waals surface area contributed by atoms with Gasteiger partial charge in [-0.3, -0.25) is 0 Å². The van der Waals surface area contributed by atoms with Crippen LogP contribution >= 0.6 is 0 Å². The number of hydrogen-bond acceptors (Lipinski definition) is 2. The molecule has 2 nitrogen and oxygen atoms in total. The van der Waals surface area contributed by atoms with Gasteiger partial charge in [-0.1, -0.05) is 20.8 Å². The molecule has 1 aliphatic heterocycles. The van der Waals surface area contributed by atoms with Crippen LogP contribution < -0.4 is 0 Å². The summed E-state index contributed by atoms with van der Waals surface area (Å²) in [5, 5.41) is 0.338. The molecule has 0 aromatic carbocycles. The number of ether oxygens (including phenoxy) is 1. The van der Waals surface area contributed by atoms with E-state index in [0.29, 0.717) is 11.1 Å². The smallest absolute Gasteiger partial charge is 0.192 e. The van der Waals surface area contributed by atoms with Gasteiger partial charge in [-0.15, -0.1) is 0 Å². The van der Waals surface area contributed by atoms with Gasteiger partial charge in [0.2, 0.25) is 0 Å². The largest absolute Gasteiger partial charge is 0.414 e. The van der Waals surface area contributed by atoms with E-state index in [-0.39, 0.29) is 0 Å². The number of rotatable bonds is 3. The van der Waals surface area contributed by atoms with Gasteiger partial charge in [0.1, 0.15) is 0 Å². The molecule has 3 heteroatoms. The van der Waals surface area contributed by atoms with Gasteiger partial charge in [0.25, 0.3) is 0 Å². The van der Waals surface area contributed by atoms with E-state index >= 15 is 0 Å². The van der Waals surface area contributed by atoms with Crippen LogP contribution in [0.5, 0.6) is 0 Å². The molecule has 2 fully saturated rings. The first-order valence-corrected chi connectivity index (χ1v) is 11.5. The van der Waals surface area contributed by atoms with E-state index in [1.807, 2.05) is 0 Å². The Bertz CT molecular complexity index is 295. The van der Waals surface area contributed by atoms with Crippen molar-refractivity contribution in [3.63, 3.8) is 0 Å². The first-order valence-electron chi connectivity index (χ1n) is 8.55. The Labute approximate surface area is 126 Å². The molecule has 0 spiro atoms. The lowest BCUT2D eigenvalue weighted by atomic mass is 9.76. The normalized spacial score (nSPS) is 30.4. The zero-order valence-corrected chi connectivity index (χ0v) is 15.2. The summed E-state index contributed by atoms with van der Waals surface area (Å²) in [5.41, 5.74) is 0. The van der Waals surface area contributed by atoms with E-state index in [1.54, 1.807) is 0 Å². The molecular formula is C17H34O2Si. The molecule has 0 amide bonds. The molecule has 0 aromatic rings. The third kappa shape index (κ3) is 4.08. The van der Waals surface area contributed by atoms with Crippen molar-refractivity contribution in [2.75, 3.05) is 13.2 Å². The van der Waals surface area contributed by atoms with Crippen LogP contribution in [0.2, 0.25) is 18.1 Å². The SMILES string of the molecule is CC(C)(C)[Si](C)(C)OC1CCC(C2CCOCC2)CC1. The van der Waals surface area contributed by atoms with Crippen LogP contribution in [0.25, 0.3) is 0 Å². The van der Waals surface area contributed by atoms with E-state index < -0.39 is 8.32 Å². The summed E-state index contributed by atoms with van der Waals surface area (Å²) in [6.07, 6.45) is 8.44. The van der Waals surface area contributed by atoms with Crippen LogP contribution in [-0.2, 0) is 9.16 Å². The van der Waals surface area contributed by atoms with Gasteiger partial charge in [-0.25, -0.2) is 0 Å².